The van der Waals surface area contributed by atoms with Gasteiger partial charge in [-0.05, 0) is 72.5 Å². The van der Waals surface area contributed by atoms with Crippen LogP contribution in [0.25, 0.3) is 34.2 Å². The summed E-state index contributed by atoms with van der Waals surface area (Å²) in [5.74, 6) is 0. The number of hydrogen-bond acceptors (Lipinski definition) is 6. The van der Waals surface area contributed by atoms with Gasteiger partial charge < -0.3 is 0 Å². The molecule has 6 nitrogen and oxygen atoms in total. The Morgan fingerprint density at radius 3 is 0.529 bits per heavy atom. The van der Waals surface area contributed by atoms with E-state index in [0.717, 1.165) is 0 Å². The first-order valence-corrected chi connectivity index (χ1v) is 15.5. The molecule has 6 heterocycles. The average molecular weight is 884 g/mol. The molecule has 6 aromatic rings. The maximum atomic E-state index is 9.87. The molecule has 0 aliphatic carbocycles. The molecular weight excluding hydrogens is 835 g/mol. The van der Waals surface area contributed by atoms with Crippen molar-refractivity contribution in [3.05, 3.63) is 146 Å². The van der Waals surface area contributed by atoms with Crippen LogP contribution in [-0.2, 0) is 19.5 Å². The predicted molar refractivity (Wildman–Crippen MR) is 170 cm³/mol. The van der Waals surface area contributed by atoms with E-state index < -0.39 is 161 Å². The number of nitrogens with zero attached hydrogens (tertiary/aromatic N) is 6. The maximum absolute atomic E-state index is 10.7. The van der Waals surface area contributed by atoms with Crippen LogP contribution in [0, 0.1) is 0 Å². The first-order valence-electron chi connectivity index (χ1n) is 23.5. The SMILES string of the molecule is F[P-](F)(F)(F)(F)F.F[P-](F)(F)(F)(F)F.[2H]c1nc(-c2nc([2H])c([2H])c([2H])c2[2H])c([2H])c([2H])c1[2H].[2H]c1nc(-c2nc([2H])c([2H])c([2H])c2[2H])c([2H])c([2H])c1[2H].[2H]c1nc(-c2nc([2H])c([2H])c([2H])c2[2H])c([2H])c([2H])c1[2H].[Ru]. The summed E-state index contributed by atoms with van der Waals surface area (Å²) in [6, 6.07) is -9.26. The van der Waals surface area contributed by atoms with Gasteiger partial charge in [-0.15, -0.1) is 0 Å². The number of halogens is 12. The van der Waals surface area contributed by atoms with Crippen molar-refractivity contribution in [1.29, 1.82) is 0 Å². The van der Waals surface area contributed by atoms with Crippen molar-refractivity contribution in [2.45, 2.75) is 0 Å². The Labute approximate surface area is 329 Å². The van der Waals surface area contributed by atoms with Crippen molar-refractivity contribution in [2.75, 3.05) is 0 Å². The Morgan fingerprint density at radius 2 is 0.412 bits per heavy atom. The van der Waals surface area contributed by atoms with Crippen LogP contribution < -0.4 is 0 Å². The second-order valence-electron chi connectivity index (χ2n) is 7.60. The quantitative estimate of drug-likeness (QED) is 0.100. The van der Waals surface area contributed by atoms with E-state index in [1.165, 1.54) is 0 Å². The van der Waals surface area contributed by atoms with Crippen LogP contribution in [0.4, 0.5) is 50.4 Å². The topological polar surface area (TPSA) is 77.3 Å². The van der Waals surface area contributed by atoms with E-state index in [-0.39, 0.29) is 53.6 Å². The number of rotatable bonds is 3. The Hall–Kier alpha value is -4.46. The van der Waals surface area contributed by atoms with Crippen LogP contribution in [0.3, 0.4) is 0 Å². The van der Waals surface area contributed by atoms with Gasteiger partial charge in [-0.2, -0.15) is 0 Å². The van der Waals surface area contributed by atoms with Crippen LogP contribution in [0.5, 0.6) is 0 Å². The van der Waals surface area contributed by atoms with E-state index in [9.17, 15) is 50.4 Å². The first-order chi connectivity index (χ1) is 32.7. The summed E-state index contributed by atoms with van der Waals surface area (Å²) in [5.41, 5.74) is -1.82. The van der Waals surface area contributed by atoms with Crippen molar-refractivity contribution in [3.63, 3.8) is 0 Å². The zero-order chi connectivity index (χ0) is 58.4. The van der Waals surface area contributed by atoms with Gasteiger partial charge >= 0.3 is 66.0 Å². The molecule has 0 saturated carbocycles. The molecule has 0 unspecified atom stereocenters. The van der Waals surface area contributed by atoms with E-state index >= 15 is 0 Å². The standard InChI is InChI=1S/3C10H8N2.2F6P.Ru/c3*1-3-7-11-9(5-1)10-6-2-4-8-12-10;2*1-7(2,3,4,5)6;/h3*1-8H;;;/q;;;2*-1;/i3*1D,2D,3D,4D,5D,6D,7D,8D;;;. The molecule has 21 heteroatoms. The monoisotopic (exact) mass is 884 g/mol. The number of pyridine rings is 6. The minimum absolute atomic E-state index is 0. The minimum atomic E-state index is -10.7. The molecule has 0 aromatic carbocycles. The van der Waals surface area contributed by atoms with Gasteiger partial charge in [0.15, 0.2) is 0 Å². The summed E-state index contributed by atoms with van der Waals surface area (Å²) in [6.45, 7) is 0. The first kappa shape index (κ1) is 19.4. The van der Waals surface area contributed by atoms with Gasteiger partial charge in [0.2, 0.25) is 0 Å². The molecule has 0 aliphatic heterocycles. The molecule has 0 aliphatic rings. The maximum Gasteiger partial charge on any atom is 0.0886 e. The van der Waals surface area contributed by atoms with Crippen molar-refractivity contribution < 1.29 is 103 Å². The molecular formula is C30H24F12N6P2Ru-2. The van der Waals surface area contributed by atoms with Gasteiger partial charge in [0.25, 0.3) is 0 Å². The zero-order valence-electron chi connectivity index (χ0n) is 47.5. The Kier molecular flexibility index (Phi) is 6.36. The Bertz CT molecular complexity index is 2720. The van der Waals surface area contributed by atoms with Crippen molar-refractivity contribution in [1.82, 2.24) is 29.9 Å². The summed E-state index contributed by atoms with van der Waals surface area (Å²) in [7, 11) is -21.3. The van der Waals surface area contributed by atoms with E-state index in [2.05, 4.69) is 29.9 Å². The summed E-state index contributed by atoms with van der Waals surface area (Å²) in [6.07, 6.45) is -3.28. The van der Waals surface area contributed by atoms with Crippen LogP contribution in [-0.4, -0.2) is 29.9 Å². The van der Waals surface area contributed by atoms with E-state index in [4.69, 9.17) is 32.9 Å². The molecule has 6 aromatic heterocycles. The molecule has 51 heavy (non-hydrogen) atoms. The predicted octanol–water partition coefficient (Wildman–Crippen LogP) is 13.2. The third-order valence-corrected chi connectivity index (χ3v) is 3.47. The minimum Gasteiger partial charge on any atom is -0.255 e. The summed E-state index contributed by atoms with van der Waals surface area (Å²) >= 11 is 0. The summed E-state index contributed by atoms with van der Waals surface area (Å²) in [5, 5.41) is 0. The Balaban J connectivity index is 0.000000496. The molecule has 0 atom stereocenters. The fourth-order valence-corrected chi connectivity index (χ4v) is 2.05. The fourth-order valence-electron chi connectivity index (χ4n) is 2.05. The second kappa shape index (κ2) is 16.7. The van der Waals surface area contributed by atoms with Crippen molar-refractivity contribution in [2.24, 2.45) is 0 Å². The zero-order valence-corrected chi connectivity index (χ0v) is 27.0. The molecule has 0 N–H and O–H groups in total. The molecule has 0 radical (unpaired) electrons. The van der Waals surface area contributed by atoms with Gasteiger partial charge in [0.05, 0.1) is 67.1 Å². The third kappa shape index (κ3) is 28.0. The van der Waals surface area contributed by atoms with Crippen molar-refractivity contribution >= 4 is 15.6 Å². The van der Waals surface area contributed by atoms with E-state index in [0.29, 0.717) is 0 Å². The van der Waals surface area contributed by atoms with E-state index in [1.807, 2.05) is 0 Å². The van der Waals surface area contributed by atoms with Gasteiger partial charge in [-0.1, -0.05) is 36.3 Å². The number of hydrogen-bond donors (Lipinski definition) is 0. The van der Waals surface area contributed by atoms with Gasteiger partial charge in [-0.3, -0.25) is 29.9 Å². The van der Waals surface area contributed by atoms with Crippen LogP contribution in [0.15, 0.2) is 146 Å². The van der Waals surface area contributed by atoms with Crippen LogP contribution in [0.1, 0.15) is 32.9 Å². The molecule has 0 fully saturated rings. The molecule has 0 bridgehead atoms. The summed E-state index contributed by atoms with van der Waals surface area (Å²) < 4.78 is 299. The summed E-state index contributed by atoms with van der Waals surface area (Å²) in [4.78, 5) is 21.8. The molecule has 6 rings (SSSR count). The molecule has 0 saturated heterocycles. The largest absolute Gasteiger partial charge is 0.255 e. The number of aromatic nitrogens is 6. The fraction of sp³-hybridized carbons (Fsp3) is 0. The average Bonchev–Trinajstić information content (AvgIpc) is 3.25. The Morgan fingerprint density at radius 1 is 0.294 bits per heavy atom. The molecule has 278 valence electrons. The normalized spacial score (nSPS) is 19.8. The smallest absolute Gasteiger partial charge is 0.0886 e. The van der Waals surface area contributed by atoms with E-state index in [1.54, 1.807) is 0 Å². The molecule has 0 amide bonds. The third-order valence-electron chi connectivity index (χ3n) is 3.47. The van der Waals surface area contributed by atoms with Crippen LogP contribution >= 0.6 is 15.6 Å². The second-order valence-corrected chi connectivity index (χ2v) is 11.4. The van der Waals surface area contributed by atoms with Gasteiger partial charge in [0, 0.05) is 56.5 Å². The van der Waals surface area contributed by atoms with Gasteiger partial charge in [0.1, 0.15) is 0 Å². The van der Waals surface area contributed by atoms with Crippen LogP contribution in [0.2, 0.25) is 0 Å². The molecule has 0 spiro atoms. The van der Waals surface area contributed by atoms with Crippen molar-refractivity contribution in [3.8, 4) is 34.2 Å². The van der Waals surface area contributed by atoms with Gasteiger partial charge in [-0.25, -0.2) is 0 Å².